The largest absolute Gasteiger partial charge is 0.381 e. The van der Waals surface area contributed by atoms with Crippen molar-refractivity contribution < 1.29 is 4.74 Å². The lowest BCUT2D eigenvalue weighted by Crippen LogP contribution is -2.46. The number of hydrogen-bond donors (Lipinski definition) is 1. The molecule has 1 saturated carbocycles. The minimum absolute atomic E-state index is 0.323. The number of benzene rings is 1. The minimum Gasteiger partial charge on any atom is -0.381 e. The molecular weight excluding hydrogens is 290 g/mol. The molecule has 3 atom stereocenters. The normalized spacial score (nSPS) is 32.0. The van der Waals surface area contributed by atoms with Crippen LogP contribution >= 0.6 is 11.8 Å². The van der Waals surface area contributed by atoms with Crippen LogP contribution in [0.2, 0.25) is 0 Å². The first-order chi connectivity index (χ1) is 10.9. The fraction of sp³-hybridized carbons (Fsp3) is 0.684. The Hall–Kier alpha value is -0.670. The van der Waals surface area contributed by atoms with Gasteiger partial charge in [0.15, 0.2) is 0 Å². The van der Waals surface area contributed by atoms with Crippen LogP contribution in [0.1, 0.15) is 56.6 Å². The highest BCUT2D eigenvalue weighted by molar-refractivity contribution is 7.98. The van der Waals surface area contributed by atoms with Crippen molar-refractivity contribution in [3.05, 3.63) is 23.8 Å². The number of anilines is 1. The van der Waals surface area contributed by atoms with Gasteiger partial charge in [-0.25, -0.2) is 0 Å². The van der Waals surface area contributed by atoms with E-state index in [1.807, 2.05) is 11.8 Å². The van der Waals surface area contributed by atoms with E-state index in [1.54, 1.807) is 0 Å². The summed E-state index contributed by atoms with van der Waals surface area (Å²) < 4.78 is 6.28. The molecule has 3 aliphatic rings. The monoisotopic (exact) mass is 317 g/mol. The highest BCUT2D eigenvalue weighted by Crippen LogP contribution is 2.48. The Morgan fingerprint density at radius 1 is 1.09 bits per heavy atom. The van der Waals surface area contributed by atoms with Crippen LogP contribution in [0, 0.1) is 11.8 Å². The van der Waals surface area contributed by atoms with Crippen LogP contribution in [-0.4, -0.2) is 18.9 Å². The Balaban J connectivity index is 1.67. The molecule has 0 amide bonds. The molecule has 1 aromatic carbocycles. The fourth-order valence-electron chi connectivity index (χ4n) is 4.77. The summed E-state index contributed by atoms with van der Waals surface area (Å²) in [5.41, 5.74) is 2.74. The zero-order valence-electron chi connectivity index (χ0n) is 13.5. The van der Waals surface area contributed by atoms with Crippen molar-refractivity contribution in [3.8, 4) is 0 Å². The van der Waals surface area contributed by atoms with Crippen LogP contribution in [0.3, 0.4) is 0 Å². The van der Waals surface area contributed by atoms with Gasteiger partial charge < -0.3 is 10.1 Å². The van der Waals surface area contributed by atoms with Crippen molar-refractivity contribution in [3.63, 3.8) is 0 Å². The van der Waals surface area contributed by atoms with Gasteiger partial charge in [0.25, 0.3) is 0 Å². The standard InChI is InChI=1S/C19H27NOS/c1-22-14-9-10-17-16(12-14)19-15(8-5-11-21-19)18(20-17)13-6-3-2-4-7-13/h9-10,12-13,15,18-20H,2-8,11H2,1H3/t15-,18+,19-/m0/s1. The minimum atomic E-state index is 0.323. The number of hydrogen-bond acceptors (Lipinski definition) is 3. The molecule has 0 bridgehead atoms. The van der Waals surface area contributed by atoms with Crippen molar-refractivity contribution in [1.29, 1.82) is 0 Å². The topological polar surface area (TPSA) is 21.3 Å². The molecule has 0 aromatic heterocycles. The van der Waals surface area contributed by atoms with Crippen LogP contribution in [0.5, 0.6) is 0 Å². The smallest absolute Gasteiger partial charge is 0.0892 e. The van der Waals surface area contributed by atoms with Crippen molar-refractivity contribution in [1.82, 2.24) is 0 Å². The molecule has 0 radical (unpaired) electrons. The number of fused-ring (bicyclic) bond motifs is 3. The molecule has 0 unspecified atom stereocenters. The van der Waals surface area contributed by atoms with Gasteiger partial charge >= 0.3 is 0 Å². The Morgan fingerprint density at radius 3 is 2.77 bits per heavy atom. The molecular formula is C19H27NOS. The van der Waals surface area contributed by atoms with Crippen LogP contribution in [0.25, 0.3) is 0 Å². The summed E-state index contributed by atoms with van der Waals surface area (Å²) in [5, 5.41) is 3.93. The average Bonchev–Trinajstić information content (AvgIpc) is 2.61. The molecule has 4 rings (SSSR count). The second kappa shape index (κ2) is 6.45. The second-order valence-corrected chi connectivity index (χ2v) is 8.00. The number of nitrogens with one attached hydrogen (secondary N) is 1. The Kier molecular flexibility index (Phi) is 4.36. The van der Waals surface area contributed by atoms with Crippen molar-refractivity contribution in [2.45, 2.75) is 62.0 Å². The lowest BCUT2D eigenvalue weighted by molar-refractivity contribution is -0.0459. The molecule has 2 nitrogen and oxygen atoms in total. The average molecular weight is 317 g/mol. The van der Waals surface area contributed by atoms with Gasteiger partial charge in [0, 0.05) is 34.7 Å². The van der Waals surface area contributed by atoms with E-state index >= 15 is 0 Å². The molecule has 2 aliphatic heterocycles. The lowest BCUT2D eigenvalue weighted by Gasteiger charge is -2.47. The van der Waals surface area contributed by atoms with E-state index < -0.39 is 0 Å². The third-order valence-electron chi connectivity index (χ3n) is 5.87. The summed E-state index contributed by atoms with van der Waals surface area (Å²) in [6, 6.07) is 7.51. The van der Waals surface area contributed by atoms with E-state index in [4.69, 9.17) is 4.74 Å². The van der Waals surface area contributed by atoms with E-state index in [0.29, 0.717) is 18.1 Å². The molecule has 3 heteroatoms. The molecule has 1 N–H and O–H groups in total. The molecule has 1 aromatic rings. The quantitative estimate of drug-likeness (QED) is 0.753. The maximum Gasteiger partial charge on any atom is 0.0892 e. The highest BCUT2D eigenvalue weighted by atomic mass is 32.2. The highest BCUT2D eigenvalue weighted by Gasteiger charge is 2.42. The van der Waals surface area contributed by atoms with Gasteiger partial charge in [-0.3, -0.25) is 0 Å². The van der Waals surface area contributed by atoms with Crippen LogP contribution in [-0.2, 0) is 4.74 Å². The van der Waals surface area contributed by atoms with Gasteiger partial charge in [-0.1, -0.05) is 19.3 Å². The van der Waals surface area contributed by atoms with Crippen molar-refractivity contribution >= 4 is 17.4 Å². The first kappa shape index (κ1) is 14.9. The summed E-state index contributed by atoms with van der Waals surface area (Å²) in [7, 11) is 0. The maximum atomic E-state index is 6.28. The molecule has 2 fully saturated rings. The van der Waals surface area contributed by atoms with Gasteiger partial charge in [-0.2, -0.15) is 0 Å². The zero-order chi connectivity index (χ0) is 14.9. The molecule has 1 aliphatic carbocycles. The van der Waals surface area contributed by atoms with E-state index in [0.717, 1.165) is 12.5 Å². The lowest BCUT2D eigenvalue weighted by atomic mass is 9.71. The van der Waals surface area contributed by atoms with Gasteiger partial charge in [0.05, 0.1) is 6.10 Å². The third-order valence-corrected chi connectivity index (χ3v) is 6.60. The van der Waals surface area contributed by atoms with Crippen LogP contribution in [0.4, 0.5) is 5.69 Å². The number of ether oxygens (including phenoxy) is 1. The molecule has 22 heavy (non-hydrogen) atoms. The summed E-state index contributed by atoms with van der Waals surface area (Å²) in [6.07, 6.45) is 12.1. The van der Waals surface area contributed by atoms with Gasteiger partial charge in [0.2, 0.25) is 0 Å². The first-order valence-corrected chi connectivity index (χ1v) is 10.2. The predicted octanol–water partition coefficient (Wildman–Crippen LogP) is 5.25. The fourth-order valence-corrected chi connectivity index (χ4v) is 5.22. The van der Waals surface area contributed by atoms with Crippen LogP contribution < -0.4 is 5.32 Å². The Bertz CT molecular complexity index is 526. The van der Waals surface area contributed by atoms with E-state index in [-0.39, 0.29) is 0 Å². The SMILES string of the molecule is CSc1ccc2c(c1)[C@H]1OCCC[C@H]1[C@@H](C1CCCCC1)N2. The van der Waals surface area contributed by atoms with Gasteiger partial charge in [-0.05, 0) is 56.1 Å². The zero-order valence-corrected chi connectivity index (χ0v) is 14.3. The maximum absolute atomic E-state index is 6.28. The Labute approximate surface area is 138 Å². The van der Waals surface area contributed by atoms with Gasteiger partial charge in [-0.15, -0.1) is 11.8 Å². The Morgan fingerprint density at radius 2 is 1.95 bits per heavy atom. The molecule has 120 valence electrons. The van der Waals surface area contributed by atoms with E-state index in [9.17, 15) is 0 Å². The second-order valence-electron chi connectivity index (χ2n) is 7.12. The molecule has 2 heterocycles. The number of rotatable bonds is 2. The van der Waals surface area contributed by atoms with Crippen molar-refractivity contribution in [2.24, 2.45) is 11.8 Å². The predicted molar refractivity (Wildman–Crippen MR) is 93.6 cm³/mol. The van der Waals surface area contributed by atoms with E-state index in [1.165, 1.54) is 61.1 Å². The van der Waals surface area contributed by atoms with Crippen LogP contribution in [0.15, 0.2) is 23.1 Å². The van der Waals surface area contributed by atoms with E-state index in [2.05, 4.69) is 29.8 Å². The molecule has 1 saturated heterocycles. The third kappa shape index (κ3) is 2.67. The summed E-state index contributed by atoms with van der Waals surface area (Å²) in [4.78, 5) is 1.35. The number of thioether (sulfide) groups is 1. The summed E-state index contributed by atoms with van der Waals surface area (Å²) in [5.74, 6) is 1.51. The summed E-state index contributed by atoms with van der Waals surface area (Å²) in [6.45, 7) is 0.932. The van der Waals surface area contributed by atoms with Crippen molar-refractivity contribution in [2.75, 3.05) is 18.2 Å². The summed E-state index contributed by atoms with van der Waals surface area (Å²) >= 11 is 1.83. The van der Waals surface area contributed by atoms with Gasteiger partial charge in [0.1, 0.15) is 0 Å². The first-order valence-electron chi connectivity index (χ1n) is 8.93. The molecule has 0 spiro atoms.